The fourth-order valence-corrected chi connectivity index (χ4v) is 1.78. The van der Waals surface area contributed by atoms with Crippen LogP contribution in [0.4, 0.5) is 27.6 Å². The summed E-state index contributed by atoms with van der Waals surface area (Å²) in [6, 6.07) is -0.369. The lowest BCUT2D eigenvalue weighted by Crippen LogP contribution is -2.29. The molecule has 0 atom stereocenters. The van der Waals surface area contributed by atoms with Gasteiger partial charge in [-0.25, -0.2) is 22.0 Å². The molecule has 1 aliphatic rings. The topological polar surface area (TPSA) is 21.3 Å². The molecule has 2 nitrogen and oxygen atoms in total. The van der Waals surface area contributed by atoms with Gasteiger partial charge in [-0.15, -0.1) is 0 Å². The van der Waals surface area contributed by atoms with Gasteiger partial charge in [0.15, 0.2) is 23.3 Å². The van der Waals surface area contributed by atoms with Crippen LogP contribution in [-0.2, 0) is 4.74 Å². The van der Waals surface area contributed by atoms with E-state index >= 15 is 0 Å². The quantitative estimate of drug-likeness (QED) is 0.505. The maximum absolute atomic E-state index is 13.3. The molecular formula is C11H10F5NO. The van der Waals surface area contributed by atoms with Gasteiger partial charge in [-0.3, -0.25) is 0 Å². The molecule has 0 amide bonds. The maximum atomic E-state index is 13.3. The second-order valence-electron chi connectivity index (χ2n) is 3.98. The standard InChI is InChI=1S/C11H10F5NO/c12-6-7(13)9(15)11(10(16)8(6)14)17-5-1-3-18-4-2-5/h5,17H,1-4H2. The summed E-state index contributed by atoms with van der Waals surface area (Å²) in [6.45, 7) is 0.764. The Kier molecular flexibility index (Phi) is 3.70. The van der Waals surface area contributed by atoms with Crippen LogP contribution in [-0.4, -0.2) is 19.3 Å². The summed E-state index contributed by atoms with van der Waals surface area (Å²) >= 11 is 0. The van der Waals surface area contributed by atoms with E-state index in [9.17, 15) is 22.0 Å². The van der Waals surface area contributed by atoms with Crippen molar-refractivity contribution in [1.29, 1.82) is 0 Å². The molecule has 1 N–H and O–H groups in total. The van der Waals surface area contributed by atoms with Gasteiger partial charge < -0.3 is 10.1 Å². The van der Waals surface area contributed by atoms with Crippen molar-refractivity contribution in [2.24, 2.45) is 0 Å². The molecule has 0 saturated carbocycles. The Balaban J connectivity index is 2.32. The number of anilines is 1. The summed E-state index contributed by atoms with van der Waals surface area (Å²) in [7, 11) is 0. The van der Waals surface area contributed by atoms with E-state index in [0.29, 0.717) is 26.1 Å². The van der Waals surface area contributed by atoms with E-state index in [2.05, 4.69) is 5.32 Å². The molecule has 0 spiro atoms. The average molecular weight is 267 g/mol. The highest BCUT2D eigenvalue weighted by Crippen LogP contribution is 2.28. The Morgan fingerprint density at radius 3 is 1.72 bits per heavy atom. The molecule has 0 unspecified atom stereocenters. The van der Waals surface area contributed by atoms with Gasteiger partial charge in [0, 0.05) is 19.3 Å². The third-order valence-electron chi connectivity index (χ3n) is 2.78. The highest BCUT2D eigenvalue weighted by molar-refractivity contribution is 5.48. The summed E-state index contributed by atoms with van der Waals surface area (Å²) in [5, 5.41) is 2.35. The summed E-state index contributed by atoms with van der Waals surface area (Å²) < 4.78 is 70.4. The lowest BCUT2D eigenvalue weighted by molar-refractivity contribution is 0.0902. The number of benzene rings is 1. The number of nitrogens with one attached hydrogen (secondary N) is 1. The minimum absolute atomic E-state index is 0.369. The van der Waals surface area contributed by atoms with Crippen LogP contribution in [0.5, 0.6) is 0 Å². The second kappa shape index (κ2) is 5.09. The SMILES string of the molecule is Fc1c(F)c(F)c(NC2CCOCC2)c(F)c1F. The monoisotopic (exact) mass is 267 g/mol. The van der Waals surface area contributed by atoms with Gasteiger partial charge in [-0.2, -0.15) is 0 Å². The molecule has 0 aromatic heterocycles. The Hall–Kier alpha value is -1.37. The third-order valence-corrected chi connectivity index (χ3v) is 2.78. The Bertz CT molecular complexity index is 430. The van der Waals surface area contributed by atoms with E-state index < -0.39 is 34.8 Å². The highest BCUT2D eigenvalue weighted by atomic mass is 19.2. The summed E-state index contributed by atoms with van der Waals surface area (Å²) in [6.07, 6.45) is 0.888. The zero-order valence-electron chi connectivity index (χ0n) is 9.20. The summed E-state index contributed by atoms with van der Waals surface area (Å²) in [4.78, 5) is 0. The van der Waals surface area contributed by atoms with Gasteiger partial charge in [-0.05, 0) is 12.8 Å². The first kappa shape index (κ1) is 13.1. The van der Waals surface area contributed by atoms with E-state index in [1.54, 1.807) is 0 Å². The highest BCUT2D eigenvalue weighted by Gasteiger charge is 2.27. The maximum Gasteiger partial charge on any atom is 0.200 e. The van der Waals surface area contributed by atoms with E-state index in [4.69, 9.17) is 4.74 Å². The summed E-state index contributed by atoms with van der Waals surface area (Å²) in [5.41, 5.74) is -0.974. The van der Waals surface area contributed by atoms with Crippen molar-refractivity contribution in [3.8, 4) is 0 Å². The van der Waals surface area contributed by atoms with Crippen LogP contribution in [0.3, 0.4) is 0 Å². The van der Waals surface area contributed by atoms with Crippen molar-refractivity contribution < 1.29 is 26.7 Å². The molecule has 100 valence electrons. The molecule has 1 aromatic carbocycles. The molecule has 0 bridgehead atoms. The molecule has 1 fully saturated rings. The van der Waals surface area contributed by atoms with Crippen LogP contribution in [0.25, 0.3) is 0 Å². The molecule has 0 aliphatic carbocycles. The van der Waals surface area contributed by atoms with E-state index in [-0.39, 0.29) is 6.04 Å². The van der Waals surface area contributed by atoms with Gasteiger partial charge in [0.1, 0.15) is 5.69 Å². The first-order valence-electron chi connectivity index (χ1n) is 5.38. The van der Waals surface area contributed by atoms with Crippen LogP contribution in [0, 0.1) is 29.1 Å². The lowest BCUT2D eigenvalue weighted by Gasteiger charge is -2.24. The smallest absolute Gasteiger partial charge is 0.200 e. The zero-order chi connectivity index (χ0) is 13.3. The van der Waals surface area contributed by atoms with Crippen molar-refractivity contribution in [2.45, 2.75) is 18.9 Å². The van der Waals surface area contributed by atoms with Crippen LogP contribution >= 0.6 is 0 Å². The molecule has 1 saturated heterocycles. The number of rotatable bonds is 2. The number of hydrogen-bond donors (Lipinski definition) is 1. The van der Waals surface area contributed by atoms with Gasteiger partial charge in [0.25, 0.3) is 0 Å². The zero-order valence-corrected chi connectivity index (χ0v) is 9.20. The molecule has 1 aliphatic heterocycles. The van der Waals surface area contributed by atoms with Crippen LogP contribution in [0.2, 0.25) is 0 Å². The fourth-order valence-electron chi connectivity index (χ4n) is 1.78. The molecule has 2 rings (SSSR count). The first-order chi connectivity index (χ1) is 8.52. The summed E-state index contributed by atoms with van der Waals surface area (Å²) in [5.74, 6) is -9.70. The van der Waals surface area contributed by atoms with Crippen molar-refractivity contribution in [3.05, 3.63) is 29.1 Å². The van der Waals surface area contributed by atoms with Gasteiger partial charge in [-0.1, -0.05) is 0 Å². The number of ether oxygens (including phenoxy) is 1. The second-order valence-corrected chi connectivity index (χ2v) is 3.98. The van der Waals surface area contributed by atoms with Crippen molar-refractivity contribution in [1.82, 2.24) is 0 Å². The number of hydrogen-bond acceptors (Lipinski definition) is 2. The number of halogens is 5. The Labute approximate surface area is 99.7 Å². The van der Waals surface area contributed by atoms with Crippen LogP contribution in [0.1, 0.15) is 12.8 Å². The third kappa shape index (κ3) is 2.27. The van der Waals surface area contributed by atoms with Crippen LogP contribution < -0.4 is 5.32 Å². The molecule has 1 aromatic rings. The molecular weight excluding hydrogens is 257 g/mol. The fraction of sp³-hybridized carbons (Fsp3) is 0.455. The predicted octanol–water partition coefficient (Wildman–Crippen LogP) is 2.97. The molecule has 0 radical (unpaired) electrons. The van der Waals surface area contributed by atoms with Crippen LogP contribution in [0.15, 0.2) is 0 Å². The van der Waals surface area contributed by atoms with E-state index in [0.717, 1.165) is 0 Å². The van der Waals surface area contributed by atoms with Gasteiger partial charge >= 0.3 is 0 Å². The molecule has 18 heavy (non-hydrogen) atoms. The van der Waals surface area contributed by atoms with Crippen molar-refractivity contribution >= 4 is 5.69 Å². The van der Waals surface area contributed by atoms with E-state index in [1.807, 2.05) is 0 Å². The average Bonchev–Trinajstić information content (AvgIpc) is 2.40. The first-order valence-corrected chi connectivity index (χ1v) is 5.38. The minimum Gasteiger partial charge on any atom is -0.381 e. The lowest BCUT2D eigenvalue weighted by atomic mass is 10.1. The minimum atomic E-state index is -2.15. The van der Waals surface area contributed by atoms with E-state index in [1.165, 1.54) is 0 Å². The Morgan fingerprint density at radius 1 is 0.778 bits per heavy atom. The predicted molar refractivity (Wildman–Crippen MR) is 53.7 cm³/mol. The largest absolute Gasteiger partial charge is 0.381 e. The molecule has 7 heteroatoms. The van der Waals surface area contributed by atoms with Crippen molar-refractivity contribution in [2.75, 3.05) is 18.5 Å². The molecule has 1 heterocycles. The Morgan fingerprint density at radius 2 is 1.22 bits per heavy atom. The van der Waals surface area contributed by atoms with Crippen molar-refractivity contribution in [3.63, 3.8) is 0 Å². The van der Waals surface area contributed by atoms with Gasteiger partial charge in [0.2, 0.25) is 5.82 Å². The normalized spacial score (nSPS) is 16.9. The van der Waals surface area contributed by atoms with Gasteiger partial charge in [0.05, 0.1) is 0 Å².